The van der Waals surface area contributed by atoms with E-state index >= 15 is 0 Å². The molecule has 1 aliphatic rings. The maximum absolute atomic E-state index is 13.4. The zero-order chi connectivity index (χ0) is 24.0. The number of methoxy groups -OCH3 is 1. The van der Waals surface area contributed by atoms with Crippen LogP contribution in [0.4, 0.5) is 5.13 Å². The van der Waals surface area contributed by atoms with Gasteiger partial charge in [-0.2, -0.15) is 0 Å². The highest BCUT2D eigenvalue weighted by atomic mass is 32.1. The van der Waals surface area contributed by atoms with Crippen molar-refractivity contribution in [2.75, 3.05) is 12.0 Å². The van der Waals surface area contributed by atoms with Gasteiger partial charge in [0.2, 0.25) is 0 Å². The number of ether oxygens (including phenoxy) is 1. The zero-order valence-corrected chi connectivity index (χ0v) is 19.7. The van der Waals surface area contributed by atoms with E-state index in [0.29, 0.717) is 22.0 Å². The first-order valence-electron chi connectivity index (χ1n) is 10.8. The Hall–Kier alpha value is -3.97. The molecule has 1 fully saturated rings. The van der Waals surface area contributed by atoms with Crippen LogP contribution in [-0.4, -0.2) is 28.9 Å². The summed E-state index contributed by atoms with van der Waals surface area (Å²) >= 11 is 1.36. The third-order valence-corrected chi connectivity index (χ3v) is 6.93. The van der Waals surface area contributed by atoms with Gasteiger partial charge in [-0.3, -0.25) is 14.5 Å². The van der Waals surface area contributed by atoms with Gasteiger partial charge in [0.25, 0.3) is 5.78 Å². The third-order valence-electron chi connectivity index (χ3n) is 5.93. The number of carbonyl (C=O) groups is 2. The van der Waals surface area contributed by atoms with Gasteiger partial charge in [0.15, 0.2) is 5.13 Å². The van der Waals surface area contributed by atoms with Crippen LogP contribution in [0.25, 0.3) is 16.0 Å². The number of rotatable bonds is 4. The molecule has 1 aromatic heterocycles. The molecule has 0 bridgehead atoms. The van der Waals surface area contributed by atoms with Gasteiger partial charge in [-0.1, -0.05) is 59.9 Å². The molecule has 7 heteroatoms. The summed E-state index contributed by atoms with van der Waals surface area (Å²) in [4.78, 5) is 32.8. The predicted molar refractivity (Wildman–Crippen MR) is 133 cm³/mol. The Bertz CT molecular complexity index is 1470. The molecule has 4 aromatic rings. The van der Waals surface area contributed by atoms with Gasteiger partial charge in [0.05, 0.1) is 28.9 Å². The van der Waals surface area contributed by atoms with Gasteiger partial charge in [-0.05, 0) is 48.7 Å². The molecule has 0 unspecified atom stereocenters. The highest BCUT2D eigenvalue weighted by molar-refractivity contribution is 7.22. The molecular formula is C27H22N2O4S. The number of Topliss-reactive ketones (excluding diaryl/α,β-unsaturated/α-hetero) is 1. The van der Waals surface area contributed by atoms with E-state index in [1.165, 1.54) is 23.3 Å². The van der Waals surface area contributed by atoms with Crippen LogP contribution in [0, 0.1) is 13.8 Å². The van der Waals surface area contributed by atoms with Crippen molar-refractivity contribution in [3.05, 3.63) is 94.6 Å². The molecular weight excluding hydrogens is 448 g/mol. The minimum atomic E-state index is -0.811. The van der Waals surface area contributed by atoms with Gasteiger partial charge in [0, 0.05) is 5.56 Å². The molecule has 1 atom stereocenters. The number of ketones is 1. The van der Waals surface area contributed by atoms with Gasteiger partial charge in [0.1, 0.15) is 11.5 Å². The highest BCUT2D eigenvalue weighted by Crippen LogP contribution is 2.44. The quantitative estimate of drug-likeness (QED) is 0.240. The molecule has 0 radical (unpaired) electrons. The number of benzene rings is 3. The molecule has 5 rings (SSSR count). The van der Waals surface area contributed by atoms with Crippen LogP contribution >= 0.6 is 11.3 Å². The van der Waals surface area contributed by atoms with Crippen molar-refractivity contribution < 1.29 is 19.4 Å². The van der Waals surface area contributed by atoms with Crippen molar-refractivity contribution in [1.82, 2.24) is 4.98 Å². The first kappa shape index (κ1) is 21.9. The van der Waals surface area contributed by atoms with Crippen molar-refractivity contribution in [3.63, 3.8) is 0 Å². The Morgan fingerprint density at radius 1 is 1.03 bits per heavy atom. The average molecular weight is 471 g/mol. The van der Waals surface area contributed by atoms with Crippen molar-refractivity contribution in [1.29, 1.82) is 0 Å². The Labute approximate surface area is 200 Å². The number of thiazole rings is 1. The lowest BCUT2D eigenvalue weighted by atomic mass is 9.95. The molecule has 3 aromatic carbocycles. The Morgan fingerprint density at radius 3 is 2.53 bits per heavy atom. The molecule has 1 aliphatic heterocycles. The molecule has 170 valence electrons. The first-order valence-corrected chi connectivity index (χ1v) is 11.6. The topological polar surface area (TPSA) is 79.7 Å². The molecule has 34 heavy (non-hydrogen) atoms. The third kappa shape index (κ3) is 3.54. The van der Waals surface area contributed by atoms with Crippen LogP contribution in [-0.2, 0) is 9.59 Å². The van der Waals surface area contributed by atoms with E-state index in [1.807, 2.05) is 56.3 Å². The lowest BCUT2D eigenvalue weighted by Crippen LogP contribution is -2.29. The fourth-order valence-electron chi connectivity index (χ4n) is 4.37. The van der Waals surface area contributed by atoms with Gasteiger partial charge < -0.3 is 9.84 Å². The number of hydrogen-bond donors (Lipinski definition) is 1. The number of fused-ring (bicyclic) bond motifs is 1. The number of nitrogens with zero attached hydrogens (tertiary/aromatic N) is 2. The number of carbonyl (C=O) groups excluding carboxylic acids is 2. The van der Waals surface area contributed by atoms with Crippen molar-refractivity contribution >= 4 is 44.1 Å². The van der Waals surface area contributed by atoms with Crippen LogP contribution in [0.1, 0.15) is 28.3 Å². The number of aliphatic hydroxyl groups excluding tert-OH is 1. The summed E-state index contributed by atoms with van der Waals surface area (Å²) < 4.78 is 6.21. The summed E-state index contributed by atoms with van der Waals surface area (Å²) in [6, 6.07) is 19.2. The number of anilines is 1. The largest absolute Gasteiger partial charge is 0.507 e. The van der Waals surface area contributed by atoms with Crippen LogP contribution in [0.3, 0.4) is 0 Å². The molecule has 2 heterocycles. The highest BCUT2D eigenvalue weighted by Gasteiger charge is 2.48. The smallest absolute Gasteiger partial charge is 0.301 e. The van der Waals surface area contributed by atoms with Crippen LogP contribution in [0.5, 0.6) is 5.75 Å². The van der Waals surface area contributed by atoms with Crippen LogP contribution in [0.15, 0.2) is 72.3 Å². The number of amides is 1. The van der Waals surface area contributed by atoms with Gasteiger partial charge in [-0.25, -0.2) is 4.98 Å². The lowest BCUT2D eigenvalue weighted by Gasteiger charge is -2.23. The SMILES string of the molecule is COc1cccc(C(O)=C2C(=O)C(=O)N(c3nc4c(C)cc(C)cc4s3)[C@@H]2c2ccccc2)c1. The summed E-state index contributed by atoms with van der Waals surface area (Å²) in [5.74, 6) is -1.18. The second kappa shape index (κ2) is 8.43. The Morgan fingerprint density at radius 2 is 1.79 bits per heavy atom. The fourth-order valence-corrected chi connectivity index (χ4v) is 5.54. The fraction of sp³-hybridized carbons (Fsp3) is 0.148. The normalized spacial score (nSPS) is 17.5. The first-order chi connectivity index (χ1) is 16.4. The Balaban J connectivity index is 1.73. The maximum Gasteiger partial charge on any atom is 0.301 e. The van der Waals surface area contributed by atoms with E-state index in [9.17, 15) is 14.7 Å². The van der Waals surface area contributed by atoms with E-state index in [2.05, 4.69) is 0 Å². The molecule has 1 saturated heterocycles. The molecule has 0 saturated carbocycles. The van der Waals surface area contributed by atoms with Crippen molar-refractivity contribution in [2.45, 2.75) is 19.9 Å². The number of hydrogen-bond acceptors (Lipinski definition) is 6. The van der Waals surface area contributed by atoms with Gasteiger partial charge >= 0.3 is 5.91 Å². The molecule has 0 aliphatic carbocycles. The molecule has 6 nitrogen and oxygen atoms in total. The van der Waals surface area contributed by atoms with E-state index in [1.54, 1.807) is 24.3 Å². The maximum atomic E-state index is 13.4. The molecule has 1 amide bonds. The minimum absolute atomic E-state index is 0.0246. The second-order valence-corrected chi connectivity index (χ2v) is 9.25. The number of aryl methyl sites for hydroxylation is 2. The zero-order valence-electron chi connectivity index (χ0n) is 18.9. The van der Waals surface area contributed by atoms with E-state index in [4.69, 9.17) is 9.72 Å². The van der Waals surface area contributed by atoms with Crippen LogP contribution < -0.4 is 9.64 Å². The molecule has 0 spiro atoms. The Kier molecular flexibility index (Phi) is 5.42. The minimum Gasteiger partial charge on any atom is -0.507 e. The van der Waals surface area contributed by atoms with E-state index in [-0.39, 0.29) is 11.3 Å². The van der Waals surface area contributed by atoms with E-state index in [0.717, 1.165) is 21.3 Å². The summed E-state index contributed by atoms with van der Waals surface area (Å²) in [5.41, 5.74) is 4.03. The number of aliphatic hydroxyl groups is 1. The summed E-state index contributed by atoms with van der Waals surface area (Å²) in [5, 5.41) is 11.7. The summed E-state index contributed by atoms with van der Waals surface area (Å²) in [6.07, 6.45) is 0. The lowest BCUT2D eigenvalue weighted by molar-refractivity contribution is -0.132. The standard InChI is InChI=1S/C27H22N2O4S/c1-15-12-16(2)22-20(13-15)34-27(28-22)29-23(17-8-5-4-6-9-17)21(25(31)26(29)32)24(30)18-10-7-11-19(14-18)33-3/h4-14,23,30H,1-3H3/t23-/m1/s1. The van der Waals surface area contributed by atoms with Crippen molar-refractivity contribution in [2.24, 2.45) is 0 Å². The van der Waals surface area contributed by atoms with E-state index < -0.39 is 17.7 Å². The average Bonchev–Trinajstić information content (AvgIpc) is 3.38. The summed E-state index contributed by atoms with van der Waals surface area (Å²) in [7, 11) is 1.53. The van der Waals surface area contributed by atoms with Crippen LogP contribution in [0.2, 0.25) is 0 Å². The van der Waals surface area contributed by atoms with Crippen molar-refractivity contribution in [3.8, 4) is 5.75 Å². The molecule has 1 N–H and O–H groups in total. The predicted octanol–water partition coefficient (Wildman–Crippen LogP) is 5.55. The second-order valence-electron chi connectivity index (χ2n) is 8.24. The van der Waals surface area contributed by atoms with Gasteiger partial charge in [-0.15, -0.1) is 0 Å². The summed E-state index contributed by atoms with van der Waals surface area (Å²) in [6.45, 7) is 3.99. The monoisotopic (exact) mass is 470 g/mol. The number of aromatic nitrogens is 1.